The number of likely N-dealkylation sites (tertiary alicyclic amines) is 1. The van der Waals surface area contributed by atoms with Crippen LogP contribution in [0.5, 0.6) is 5.75 Å². The third-order valence-electron chi connectivity index (χ3n) is 4.94. The van der Waals surface area contributed by atoms with E-state index in [0.29, 0.717) is 6.04 Å². The first-order valence-electron chi connectivity index (χ1n) is 8.97. The minimum absolute atomic E-state index is 0.360. The standard InChI is InChI=1S/C20H27N3OS/c1-22-13-6-8-18(22)19-7-4-3-5-14-23(19)20(25)21-15-16-9-11-17(24-2)12-10-16/h6,8-13,19H,3-5,7,14-15H2,1-2H3,(H,21,25)/t19-/m1/s1. The molecule has 0 spiro atoms. The van der Waals surface area contributed by atoms with Gasteiger partial charge in [-0.1, -0.05) is 25.0 Å². The normalized spacial score (nSPS) is 17.8. The Bertz CT molecular complexity index is 695. The second-order valence-electron chi connectivity index (χ2n) is 6.61. The molecule has 2 heterocycles. The van der Waals surface area contributed by atoms with E-state index in [9.17, 15) is 0 Å². The molecule has 0 saturated carbocycles. The summed E-state index contributed by atoms with van der Waals surface area (Å²) in [6.07, 6.45) is 7.01. The van der Waals surface area contributed by atoms with Crippen LogP contribution in [0.25, 0.3) is 0 Å². The molecule has 134 valence electrons. The molecule has 5 heteroatoms. The Morgan fingerprint density at radius 3 is 2.68 bits per heavy atom. The van der Waals surface area contributed by atoms with Gasteiger partial charge in [0.1, 0.15) is 5.75 Å². The molecule has 3 rings (SSSR count). The molecule has 0 bridgehead atoms. The molecule has 1 N–H and O–H groups in total. The van der Waals surface area contributed by atoms with Gasteiger partial charge in [-0.05, 0) is 54.9 Å². The van der Waals surface area contributed by atoms with Crippen LogP contribution in [0, 0.1) is 0 Å². The SMILES string of the molecule is COc1ccc(CNC(=S)N2CCCCC[C@@H]2c2cccn2C)cc1. The molecule has 1 fully saturated rings. The van der Waals surface area contributed by atoms with Gasteiger partial charge < -0.3 is 19.5 Å². The van der Waals surface area contributed by atoms with Crippen molar-refractivity contribution in [2.24, 2.45) is 7.05 Å². The van der Waals surface area contributed by atoms with E-state index in [-0.39, 0.29) is 0 Å². The molecular weight excluding hydrogens is 330 g/mol. The van der Waals surface area contributed by atoms with Crippen LogP contribution in [0.2, 0.25) is 0 Å². The predicted octanol–water partition coefficient (Wildman–Crippen LogP) is 4.03. The molecule has 0 unspecified atom stereocenters. The quantitative estimate of drug-likeness (QED) is 0.837. The monoisotopic (exact) mass is 357 g/mol. The predicted molar refractivity (Wildman–Crippen MR) is 106 cm³/mol. The summed E-state index contributed by atoms with van der Waals surface area (Å²) in [5.74, 6) is 0.877. The van der Waals surface area contributed by atoms with Gasteiger partial charge in [-0.2, -0.15) is 0 Å². The lowest BCUT2D eigenvalue weighted by molar-refractivity contribution is 0.306. The maximum absolute atomic E-state index is 5.76. The average Bonchev–Trinajstić information content (AvgIpc) is 2.92. The largest absolute Gasteiger partial charge is 0.497 e. The number of aromatic nitrogens is 1. The Morgan fingerprint density at radius 2 is 2.00 bits per heavy atom. The van der Waals surface area contributed by atoms with Gasteiger partial charge in [0.25, 0.3) is 0 Å². The molecule has 1 aromatic heterocycles. The first kappa shape index (κ1) is 17.8. The number of nitrogens with one attached hydrogen (secondary N) is 1. The van der Waals surface area contributed by atoms with Crippen molar-refractivity contribution in [1.29, 1.82) is 0 Å². The summed E-state index contributed by atoms with van der Waals surface area (Å²) in [5.41, 5.74) is 2.55. The molecule has 0 aliphatic carbocycles. The van der Waals surface area contributed by atoms with E-state index in [0.717, 1.165) is 30.4 Å². The lowest BCUT2D eigenvalue weighted by Crippen LogP contribution is -2.42. The van der Waals surface area contributed by atoms with Crippen molar-refractivity contribution >= 4 is 17.3 Å². The van der Waals surface area contributed by atoms with E-state index < -0.39 is 0 Å². The van der Waals surface area contributed by atoms with E-state index in [2.05, 4.69) is 52.3 Å². The van der Waals surface area contributed by atoms with Crippen molar-refractivity contribution in [3.63, 3.8) is 0 Å². The number of ether oxygens (including phenoxy) is 1. The second-order valence-corrected chi connectivity index (χ2v) is 7.00. The number of thiocarbonyl (C=S) groups is 1. The third-order valence-corrected chi connectivity index (χ3v) is 5.32. The van der Waals surface area contributed by atoms with E-state index >= 15 is 0 Å². The van der Waals surface area contributed by atoms with Crippen LogP contribution in [-0.2, 0) is 13.6 Å². The number of nitrogens with zero attached hydrogens (tertiary/aromatic N) is 2. The van der Waals surface area contributed by atoms with Crippen LogP contribution in [0.3, 0.4) is 0 Å². The van der Waals surface area contributed by atoms with Gasteiger partial charge in [0.2, 0.25) is 0 Å². The lowest BCUT2D eigenvalue weighted by atomic mass is 10.1. The van der Waals surface area contributed by atoms with E-state index in [1.54, 1.807) is 7.11 Å². The number of methoxy groups -OCH3 is 1. The molecule has 0 radical (unpaired) electrons. The van der Waals surface area contributed by atoms with Gasteiger partial charge in [0.05, 0.1) is 13.2 Å². The Morgan fingerprint density at radius 1 is 1.20 bits per heavy atom. The van der Waals surface area contributed by atoms with Crippen molar-refractivity contribution in [3.8, 4) is 5.75 Å². The minimum Gasteiger partial charge on any atom is -0.497 e. The lowest BCUT2D eigenvalue weighted by Gasteiger charge is -2.33. The van der Waals surface area contributed by atoms with E-state index in [1.165, 1.54) is 30.5 Å². The van der Waals surface area contributed by atoms with Crippen LogP contribution < -0.4 is 10.1 Å². The maximum atomic E-state index is 5.76. The number of benzene rings is 1. The fourth-order valence-electron chi connectivity index (χ4n) is 3.50. The summed E-state index contributed by atoms with van der Waals surface area (Å²) in [6, 6.07) is 12.8. The van der Waals surface area contributed by atoms with Crippen LogP contribution in [-0.4, -0.2) is 28.2 Å². The van der Waals surface area contributed by atoms with Crippen LogP contribution in [0.4, 0.5) is 0 Å². The highest BCUT2D eigenvalue weighted by Crippen LogP contribution is 2.30. The van der Waals surface area contributed by atoms with Crippen molar-refractivity contribution in [2.45, 2.75) is 38.3 Å². The molecule has 1 saturated heterocycles. The Labute approximate surface area is 155 Å². The van der Waals surface area contributed by atoms with E-state index in [4.69, 9.17) is 17.0 Å². The van der Waals surface area contributed by atoms with Gasteiger partial charge in [-0.3, -0.25) is 0 Å². The molecular formula is C20H27N3OS. The van der Waals surface area contributed by atoms with Gasteiger partial charge in [0.15, 0.2) is 5.11 Å². The first-order valence-corrected chi connectivity index (χ1v) is 9.38. The second kappa shape index (κ2) is 8.39. The van der Waals surface area contributed by atoms with Crippen molar-refractivity contribution in [1.82, 2.24) is 14.8 Å². The Balaban J connectivity index is 1.68. The number of hydrogen-bond acceptors (Lipinski definition) is 2. The number of hydrogen-bond donors (Lipinski definition) is 1. The van der Waals surface area contributed by atoms with Crippen molar-refractivity contribution < 1.29 is 4.74 Å². The Kier molecular flexibility index (Phi) is 5.97. The summed E-state index contributed by atoms with van der Waals surface area (Å²) in [5, 5.41) is 4.30. The molecule has 1 aromatic carbocycles. The zero-order chi connectivity index (χ0) is 17.6. The highest BCUT2D eigenvalue weighted by atomic mass is 32.1. The van der Waals surface area contributed by atoms with E-state index in [1.807, 2.05) is 12.1 Å². The van der Waals surface area contributed by atoms with Gasteiger partial charge >= 0.3 is 0 Å². The van der Waals surface area contributed by atoms with Gasteiger partial charge in [-0.15, -0.1) is 0 Å². The summed E-state index contributed by atoms with van der Waals surface area (Å²) in [7, 11) is 3.80. The highest BCUT2D eigenvalue weighted by Gasteiger charge is 2.26. The summed E-state index contributed by atoms with van der Waals surface area (Å²) in [4.78, 5) is 2.38. The van der Waals surface area contributed by atoms with Gasteiger partial charge in [0, 0.05) is 32.0 Å². The topological polar surface area (TPSA) is 29.4 Å². The first-order chi connectivity index (χ1) is 12.2. The highest BCUT2D eigenvalue weighted by molar-refractivity contribution is 7.80. The fraction of sp³-hybridized carbons (Fsp3) is 0.450. The molecule has 1 atom stereocenters. The molecule has 25 heavy (non-hydrogen) atoms. The number of aryl methyl sites for hydroxylation is 1. The molecule has 0 amide bonds. The third kappa shape index (κ3) is 4.34. The van der Waals surface area contributed by atoms with Gasteiger partial charge in [-0.25, -0.2) is 0 Å². The minimum atomic E-state index is 0.360. The van der Waals surface area contributed by atoms with Crippen LogP contribution >= 0.6 is 12.2 Å². The summed E-state index contributed by atoms with van der Waals surface area (Å²) < 4.78 is 7.43. The summed E-state index contributed by atoms with van der Waals surface area (Å²) >= 11 is 5.76. The van der Waals surface area contributed by atoms with Crippen molar-refractivity contribution in [3.05, 3.63) is 53.9 Å². The van der Waals surface area contributed by atoms with Crippen molar-refractivity contribution in [2.75, 3.05) is 13.7 Å². The average molecular weight is 358 g/mol. The smallest absolute Gasteiger partial charge is 0.169 e. The maximum Gasteiger partial charge on any atom is 0.169 e. The molecule has 2 aromatic rings. The zero-order valence-electron chi connectivity index (χ0n) is 15.1. The Hall–Kier alpha value is -2.01. The zero-order valence-corrected chi connectivity index (χ0v) is 15.9. The summed E-state index contributed by atoms with van der Waals surface area (Å²) in [6.45, 7) is 1.75. The van der Waals surface area contributed by atoms with Crippen LogP contribution in [0.1, 0.15) is 43.0 Å². The molecule has 1 aliphatic rings. The van der Waals surface area contributed by atoms with Crippen LogP contribution in [0.15, 0.2) is 42.6 Å². The number of rotatable bonds is 4. The fourth-order valence-corrected chi connectivity index (χ4v) is 3.79. The molecule has 1 aliphatic heterocycles. The molecule has 4 nitrogen and oxygen atoms in total.